The number of carbonyl (C=O) groups is 2. The largest absolute Gasteiger partial charge is 0.352 e. The van der Waals surface area contributed by atoms with E-state index in [1.54, 1.807) is 16.7 Å². The van der Waals surface area contributed by atoms with Gasteiger partial charge >= 0.3 is 0 Å². The molecule has 3 aromatic rings. The Morgan fingerprint density at radius 1 is 0.889 bits per heavy atom. The van der Waals surface area contributed by atoms with Gasteiger partial charge in [0.05, 0.1) is 0 Å². The first kappa shape index (κ1) is 27.5. The molecule has 5 heteroatoms. The molecule has 190 valence electrons. The topological polar surface area (TPSA) is 49.4 Å². The summed E-state index contributed by atoms with van der Waals surface area (Å²) in [5.74, 6) is 1.50. The van der Waals surface area contributed by atoms with E-state index < -0.39 is 6.04 Å². The molecular weight excluding hydrogens is 464 g/mol. The molecule has 2 amide bonds. The molecule has 1 N–H and O–H groups in total. The van der Waals surface area contributed by atoms with Crippen LogP contribution in [0.1, 0.15) is 48.9 Å². The molecular formula is C31H38N2O2S. The number of benzene rings is 3. The van der Waals surface area contributed by atoms with Gasteiger partial charge in [-0.2, -0.15) is 11.8 Å². The highest BCUT2D eigenvalue weighted by atomic mass is 32.2. The number of hydrogen-bond donors (Lipinski definition) is 1. The molecule has 0 radical (unpaired) electrons. The van der Waals surface area contributed by atoms with Crippen LogP contribution >= 0.6 is 11.8 Å². The van der Waals surface area contributed by atoms with Crippen molar-refractivity contribution in [3.8, 4) is 0 Å². The Kier molecular flexibility index (Phi) is 11.1. The van der Waals surface area contributed by atoms with E-state index in [0.717, 1.165) is 28.9 Å². The zero-order valence-electron chi connectivity index (χ0n) is 21.7. The maximum Gasteiger partial charge on any atom is 0.243 e. The second-order valence-electron chi connectivity index (χ2n) is 9.26. The van der Waals surface area contributed by atoms with Crippen molar-refractivity contribution in [2.24, 2.45) is 0 Å². The predicted molar refractivity (Wildman–Crippen MR) is 151 cm³/mol. The molecule has 3 aromatic carbocycles. The van der Waals surface area contributed by atoms with E-state index in [9.17, 15) is 9.59 Å². The number of aryl methyl sites for hydroxylation is 1. The molecule has 0 aromatic heterocycles. The average molecular weight is 503 g/mol. The lowest BCUT2D eigenvalue weighted by atomic mass is 10.0. The summed E-state index contributed by atoms with van der Waals surface area (Å²) >= 11 is 1.75. The first-order valence-electron chi connectivity index (χ1n) is 12.8. The van der Waals surface area contributed by atoms with E-state index in [4.69, 9.17) is 0 Å². The fourth-order valence-electron chi connectivity index (χ4n) is 4.03. The van der Waals surface area contributed by atoms with Gasteiger partial charge in [-0.1, -0.05) is 91.9 Å². The number of hydrogen-bond acceptors (Lipinski definition) is 3. The number of amides is 2. The van der Waals surface area contributed by atoms with Gasteiger partial charge in [0.15, 0.2) is 0 Å². The fourth-order valence-corrected chi connectivity index (χ4v) is 4.92. The van der Waals surface area contributed by atoms with Crippen molar-refractivity contribution in [2.75, 3.05) is 5.75 Å². The zero-order chi connectivity index (χ0) is 25.8. The van der Waals surface area contributed by atoms with Gasteiger partial charge in [-0.3, -0.25) is 9.59 Å². The minimum atomic E-state index is -0.576. The molecule has 36 heavy (non-hydrogen) atoms. The predicted octanol–water partition coefficient (Wildman–Crippen LogP) is 6.17. The van der Waals surface area contributed by atoms with Crippen LogP contribution in [0.25, 0.3) is 0 Å². The average Bonchev–Trinajstić information content (AvgIpc) is 2.90. The summed E-state index contributed by atoms with van der Waals surface area (Å²) < 4.78 is 0. The first-order chi connectivity index (χ1) is 17.5. The molecule has 3 rings (SSSR count). The van der Waals surface area contributed by atoms with E-state index in [0.29, 0.717) is 25.1 Å². The van der Waals surface area contributed by atoms with Crippen LogP contribution in [0.15, 0.2) is 84.9 Å². The van der Waals surface area contributed by atoms with Crippen LogP contribution in [0.3, 0.4) is 0 Å². The van der Waals surface area contributed by atoms with Crippen LogP contribution in [0.5, 0.6) is 0 Å². The highest BCUT2D eigenvalue weighted by molar-refractivity contribution is 7.98. The minimum Gasteiger partial charge on any atom is -0.352 e. The lowest BCUT2D eigenvalue weighted by molar-refractivity contribution is -0.141. The Bertz CT molecular complexity index is 1090. The third kappa shape index (κ3) is 8.56. The number of nitrogens with one attached hydrogen (secondary N) is 1. The SMILES string of the molecule is CC[C@H](C)NC(=O)[C@@H](Cc1ccccc1)N(Cc1ccccc1C)C(=O)CCSCc1ccccc1. The van der Waals surface area contributed by atoms with Crippen LogP contribution in [0.2, 0.25) is 0 Å². The van der Waals surface area contributed by atoms with Crippen molar-refractivity contribution in [3.63, 3.8) is 0 Å². The highest BCUT2D eigenvalue weighted by Crippen LogP contribution is 2.20. The molecule has 0 aliphatic rings. The van der Waals surface area contributed by atoms with Crippen LogP contribution in [0.4, 0.5) is 0 Å². The van der Waals surface area contributed by atoms with E-state index in [1.807, 2.05) is 73.7 Å². The highest BCUT2D eigenvalue weighted by Gasteiger charge is 2.31. The lowest BCUT2D eigenvalue weighted by Gasteiger charge is -2.33. The first-order valence-corrected chi connectivity index (χ1v) is 13.9. The quantitative estimate of drug-likeness (QED) is 0.284. The number of nitrogens with zero attached hydrogens (tertiary/aromatic N) is 1. The van der Waals surface area contributed by atoms with E-state index in [2.05, 4.69) is 37.4 Å². The summed E-state index contributed by atoms with van der Waals surface area (Å²) in [5, 5.41) is 3.14. The molecule has 0 unspecified atom stereocenters. The van der Waals surface area contributed by atoms with Crippen molar-refractivity contribution in [3.05, 3.63) is 107 Å². The van der Waals surface area contributed by atoms with Crippen molar-refractivity contribution >= 4 is 23.6 Å². The molecule has 0 fully saturated rings. The van der Waals surface area contributed by atoms with Crippen molar-refractivity contribution < 1.29 is 9.59 Å². The van der Waals surface area contributed by atoms with Crippen molar-refractivity contribution in [1.29, 1.82) is 0 Å². The Labute approximate surface area is 220 Å². The van der Waals surface area contributed by atoms with E-state index in [-0.39, 0.29) is 17.9 Å². The maximum atomic E-state index is 13.7. The molecule has 0 aliphatic carbocycles. The Balaban J connectivity index is 1.81. The molecule has 0 aliphatic heterocycles. The van der Waals surface area contributed by atoms with Gasteiger partial charge in [-0.15, -0.1) is 0 Å². The van der Waals surface area contributed by atoms with Crippen molar-refractivity contribution in [2.45, 2.75) is 64.4 Å². The molecule has 4 nitrogen and oxygen atoms in total. The van der Waals surface area contributed by atoms with Gasteiger partial charge < -0.3 is 10.2 Å². The Morgan fingerprint density at radius 3 is 2.14 bits per heavy atom. The Hall–Kier alpha value is -3.05. The van der Waals surface area contributed by atoms with Crippen molar-refractivity contribution in [1.82, 2.24) is 10.2 Å². The van der Waals surface area contributed by atoms with E-state index >= 15 is 0 Å². The van der Waals surface area contributed by atoms with Crippen LogP contribution in [-0.2, 0) is 28.3 Å². The molecule has 0 bridgehead atoms. The zero-order valence-corrected chi connectivity index (χ0v) is 22.5. The Morgan fingerprint density at radius 2 is 1.50 bits per heavy atom. The summed E-state index contributed by atoms with van der Waals surface area (Å²) in [7, 11) is 0. The van der Waals surface area contributed by atoms with Crippen LogP contribution in [0, 0.1) is 6.92 Å². The fraction of sp³-hybridized carbons (Fsp3) is 0.355. The lowest BCUT2D eigenvalue weighted by Crippen LogP contribution is -2.52. The maximum absolute atomic E-state index is 13.7. The second-order valence-corrected chi connectivity index (χ2v) is 10.4. The normalized spacial score (nSPS) is 12.5. The standard InChI is InChI=1S/C31H38N2O2S/c1-4-25(3)32-31(35)29(21-26-14-7-5-8-15-26)33(22-28-18-12-11-13-24(28)2)30(34)19-20-36-23-27-16-9-6-10-17-27/h5-18,25,29H,4,19-23H2,1-3H3,(H,32,35)/t25-,29+/m0/s1. The third-order valence-electron chi connectivity index (χ3n) is 6.45. The summed E-state index contributed by atoms with van der Waals surface area (Å²) in [6.07, 6.45) is 1.72. The number of thioether (sulfide) groups is 1. The van der Waals surface area contributed by atoms with Gasteiger partial charge in [0, 0.05) is 36.9 Å². The van der Waals surface area contributed by atoms with Gasteiger partial charge in [0.1, 0.15) is 6.04 Å². The summed E-state index contributed by atoms with van der Waals surface area (Å²) in [5.41, 5.74) is 4.48. The minimum absolute atomic E-state index is 0.0130. The molecule has 0 saturated carbocycles. The molecule has 2 atom stereocenters. The summed E-state index contributed by atoms with van der Waals surface area (Å²) in [6, 6.07) is 27.8. The summed E-state index contributed by atoms with van der Waals surface area (Å²) in [6.45, 7) is 6.53. The van der Waals surface area contributed by atoms with Gasteiger partial charge in [-0.05, 0) is 42.5 Å². The van der Waals surface area contributed by atoms with Gasteiger partial charge in [0.2, 0.25) is 11.8 Å². The number of carbonyl (C=O) groups excluding carboxylic acids is 2. The summed E-state index contributed by atoms with van der Waals surface area (Å²) in [4.78, 5) is 29.0. The van der Waals surface area contributed by atoms with Crippen LogP contribution in [-0.4, -0.2) is 34.6 Å². The molecule has 0 spiro atoms. The van der Waals surface area contributed by atoms with Crippen LogP contribution < -0.4 is 5.32 Å². The third-order valence-corrected chi connectivity index (χ3v) is 7.48. The number of rotatable bonds is 13. The second kappa shape index (κ2) is 14.5. The molecule has 0 heterocycles. The van der Waals surface area contributed by atoms with E-state index in [1.165, 1.54) is 5.56 Å². The van der Waals surface area contributed by atoms with Gasteiger partial charge in [0.25, 0.3) is 0 Å². The monoisotopic (exact) mass is 502 g/mol. The molecule has 0 saturated heterocycles. The smallest absolute Gasteiger partial charge is 0.243 e. The van der Waals surface area contributed by atoms with Gasteiger partial charge in [-0.25, -0.2) is 0 Å².